The molecule has 3 rings (SSSR count). The number of hydrogen-bond donors (Lipinski definition) is 1. The van der Waals surface area contributed by atoms with Crippen LogP contribution in [0.15, 0.2) is 22.7 Å². The molecule has 0 spiro atoms. The summed E-state index contributed by atoms with van der Waals surface area (Å²) in [7, 11) is 0. The molecule has 1 aromatic carbocycles. The average molecular weight is 290 g/mol. The lowest BCUT2D eigenvalue weighted by Crippen LogP contribution is -2.15. The van der Waals surface area contributed by atoms with Gasteiger partial charge in [-0.05, 0) is 44.4 Å². The first kappa shape index (κ1) is 14.1. The molecular weight excluding hydrogens is 271 g/mol. The Morgan fingerprint density at radius 3 is 2.81 bits per heavy atom. The number of aryl methyl sites for hydroxylation is 2. The first-order valence-corrected chi connectivity index (χ1v) is 7.19. The number of halogens is 1. The summed E-state index contributed by atoms with van der Waals surface area (Å²) in [5.74, 6) is 0.987. The zero-order valence-corrected chi connectivity index (χ0v) is 12.3. The SMILES string of the molecule is Cc1noc(C)c1COc1cc(F)cc(CNC2CC2)c1. The fraction of sp³-hybridized carbons (Fsp3) is 0.438. The van der Waals surface area contributed by atoms with Crippen LogP contribution < -0.4 is 10.1 Å². The molecule has 0 radical (unpaired) electrons. The molecule has 1 aliphatic rings. The van der Waals surface area contributed by atoms with Crippen molar-refractivity contribution in [3.8, 4) is 5.75 Å². The Morgan fingerprint density at radius 1 is 1.33 bits per heavy atom. The average Bonchev–Trinajstić information content (AvgIpc) is 3.21. The summed E-state index contributed by atoms with van der Waals surface area (Å²) in [4.78, 5) is 0. The first-order valence-electron chi connectivity index (χ1n) is 7.19. The Bertz CT molecular complexity index is 616. The molecule has 0 aliphatic heterocycles. The minimum atomic E-state index is -0.279. The summed E-state index contributed by atoms with van der Waals surface area (Å²) >= 11 is 0. The van der Waals surface area contributed by atoms with Crippen molar-refractivity contribution in [1.82, 2.24) is 10.5 Å². The topological polar surface area (TPSA) is 47.3 Å². The van der Waals surface area contributed by atoms with Gasteiger partial charge in [-0.25, -0.2) is 4.39 Å². The molecule has 2 aromatic rings. The molecule has 1 N–H and O–H groups in total. The van der Waals surface area contributed by atoms with E-state index in [-0.39, 0.29) is 5.82 Å². The predicted octanol–water partition coefficient (Wildman–Crippen LogP) is 3.26. The van der Waals surface area contributed by atoms with E-state index in [0.717, 1.165) is 22.6 Å². The smallest absolute Gasteiger partial charge is 0.140 e. The van der Waals surface area contributed by atoms with Crippen LogP contribution >= 0.6 is 0 Å². The van der Waals surface area contributed by atoms with Gasteiger partial charge in [-0.15, -0.1) is 0 Å². The van der Waals surface area contributed by atoms with Gasteiger partial charge in [0.25, 0.3) is 0 Å². The Hall–Kier alpha value is -1.88. The van der Waals surface area contributed by atoms with Crippen LogP contribution in [-0.2, 0) is 13.2 Å². The van der Waals surface area contributed by atoms with E-state index in [1.807, 2.05) is 19.9 Å². The van der Waals surface area contributed by atoms with E-state index < -0.39 is 0 Å². The van der Waals surface area contributed by atoms with Crippen molar-refractivity contribution in [3.05, 3.63) is 46.6 Å². The van der Waals surface area contributed by atoms with E-state index in [2.05, 4.69) is 10.5 Å². The Balaban J connectivity index is 1.66. The predicted molar refractivity (Wildman–Crippen MR) is 76.6 cm³/mol. The van der Waals surface area contributed by atoms with Gasteiger partial charge >= 0.3 is 0 Å². The highest BCUT2D eigenvalue weighted by Gasteiger charge is 2.20. The number of ether oxygens (including phenoxy) is 1. The molecule has 4 nitrogen and oxygen atoms in total. The largest absolute Gasteiger partial charge is 0.489 e. The molecule has 0 bridgehead atoms. The van der Waals surface area contributed by atoms with Crippen molar-refractivity contribution < 1.29 is 13.7 Å². The second-order valence-corrected chi connectivity index (χ2v) is 5.54. The fourth-order valence-corrected chi connectivity index (χ4v) is 2.22. The highest BCUT2D eigenvalue weighted by Crippen LogP contribution is 2.22. The summed E-state index contributed by atoms with van der Waals surface area (Å²) in [5.41, 5.74) is 2.62. The van der Waals surface area contributed by atoms with Gasteiger partial charge in [0.05, 0.1) is 11.3 Å². The van der Waals surface area contributed by atoms with Crippen LogP contribution in [0.2, 0.25) is 0 Å². The second-order valence-electron chi connectivity index (χ2n) is 5.54. The van der Waals surface area contributed by atoms with E-state index in [9.17, 15) is 4.39 Å². The first-order chi connectivity index (χ1) is 10.1. The maximum Gasteiger partial charge on any atom is 0.140 e. The van der Waals surface area contributed by atoms with Crippen LogP contribution in [-0.4, -0.2) is 11.2 Å². The van der Waals surface area contributed by atoms with Crippen LogP contribution in [0.1, 0.15) is 35.4 Å². The third-order valence-corrected chi connectivity index (χ3v) is 3.67. The van der Waals surface area contributed by atoms with Crippen molar-refractivity contribution in [2.24, 2.45) is 0 Å². The lowest BCUT2D eigenvalue weighted by atomic mass is 10.2. The molecule has 112 valence electrons. The number of nitrogens with one attached hydrogen (secondary N) is 1. The minimum Gasteiger partial charge on any atom is -0.489 e. The molecule has 0 amide bonds. The zero-order valence-electron chi connectivity index (χ0n) is 12.3. The summed E-state index contributed by atoms with van der Waals surface area (Å²) in [6, 6.07) is 5.41. The summed E-state index contributed by atoms with van der Waals surface area (Å²) in [5, 5.41) is 7.25. The Labute approximate surface area is 123 Å². The second kappa shape index (κ2) is 5.85. The molecule has 21 heavy (non-hydrogen) atoms. The van der Waals surface area contributed by atoms with Crippen molar-refractivity contribution in [3.63, 3.8) is 0 Å². The van der Waals surface area contributed by atoms with Crippen LogP contribution in [0.3, 0.4) is 0 Å². The lowest BCUT2D eigenvalue weighted by molar-refractivity contribution is 0.300. The maximum absolute atomic E-state index is 13.7. The van der Waals surface area contributed by atoms with E-state index >= 15 is 0 Å². The minimum absolute atomic E-state index is 0.279. The van der Waals surface area contributed by atoms with Gasteiger partial charge in [-0.1, -0.05) is 5.16 Å². The molecule has 1 saturated carbocycles. The summed E-state index contributed by atoms with van der Waals surface area (Å²) in [6.45, 7) is 4.71. The van der Waals surface area contributed by atoms with Crippen molar-refractivity contribution >= 4 is 0 Å². The van der Waals surface area contributed by atoms with Gasteiger partial charge < -0.3 is 14.6 Å². The van der Waals surface area contributed by atoms with E-state index in [1.165, 1.54) is 25.0 Å². The Kier molecular flexibility index (Phi) is 3.92. The van der Waals surface area contributed by atoms with Crippen LogP contribution in [0.5, 0.6) is 5.75 Å². The molecule has 1 aromatic heterocycles. The normalized spacial score (nSPS) is 14.4. The van der Waals surface area contributed by atoms with Gasteiger partial charge in [-0.2, -0.15) is 0 Å². The van der Waals surface area contributed by atoms with E-state index in [1.54, 1.807) is 0 Å². The number of hydrogen-bond acceptors (Lipinski definition) is 4. The highest BCUT2D eigenvalue weighted by atomic mass is 19.1. The van der Waals surface area contributed by atoms with Gasteiger partial charge in [-0.3, -0.25) is 0 Å². The van der Waals surface area contributed by atoms with Gasteiger partial charge in [0, 0.05) is 18.7 Å². The molecule has 0 saturated heterocycles. The lowest BCUT2D eigenvalue weighted by Gasteiger charge is -2.09. The fourth-order valence-electron chi connectivity index (χ4n) is 2.22. The van der Waals surface area contributed by atoms with Crippen LogP contribution in [0, 0.1) is 19.7 Å². The molecule has 1 heterocycles. The number of benzene rings is 1. The number of rotatable bonds is 6. The quantitative estimate of drug-likeness (QED) is 0.887. The standard InChI is InChI=1S/C16H19FN2O2/c1-10-16(11(2)21-19-10)9-20-15-6-12(5-13(17)7-15)8-18-14-3-4-14/h5-7,14,18H,3-4,8-9H2,1-2H3. The van der Waals surface area contributed by atoms with Crippen LogP contribution in [0.25, 0.3) is 0 Å². The summed E-state index contributed by atoms with van der Waals surface area (Å²) < 4.78 is 24.4. The van der Waals surface area contributed by atoms with E-state index in [4.69, 9.17) is 9.26 Å². The Morgan fingerprint density at radius 2 is 2.14 bits per heavy atom. The van der Waals surface area contributed by atoms with Gasteiger partial charge in [0.1, 0.15) is 23.9 Å². The molecule has 1 fully saturated rings. The molecular formula is C16H19FN2O2. The summed E-state index contributed by atoms with van der Waals surface area (Å²) in [6.07, 6.45) is 2.43. The zero-order chi connectivity index (χ0) is 14.8. The van der Waals surface area contributed by atoms with Crippen molar-refractivity contribution in [1.29, 1.82) is 0 Å². The molecule has 5 heteroatoms. The maximum atomic E-state index is 13.7. The highest BCUT2D eigenvalue weighted by molar-refractivity contribution is 5.30. The third kappa shape index (κ3) is 3.61. The number of nitrogens with zero attached hydrogens (tertiary/aromatic N) is 1. The van der Waals surface area contributed by atoms with Crippen molar-refractivity contribution in [2.45, 2.75) is 45.9 Å². The van der Waals surface area contributed by atoms with Crippen molar-refractivity contribution in [2.75, 3.05) is 0 Å². The van der Waals surface area contributed by atoms with Gasteiger partial charge in [0.2, 0.25) is 0 Å². The third-order valence-electron chi connectivity index (χ3n) is 3.67. The van der Waals surface area contributed by atoms with Crippen LogP contribution in [0.4, 0.5) is 4.39 Å². The molecule has 1 aliphatic carbocycles. The monoisotopic (exact) mass is 290 g/mol. The van der Waals surface area contributed by atoms with Gasteiger partial charge in [0.15, 0.2) is 0 Å². The molecule has 0 unspecified atom stereocenters. The number of aromatic nitrogens is 1. The molecule has 0 atom stereocenters. The van der Waals surface area contributed by atoms with E-state index in [0.29, 0.717) is 24.9 Å².